The number of hydrogen-bond acceptors (Lipinski definition) is 11. The Morgan fingerprint density at radius 1 is 0.645 bits per heavy atom. The lowest BCUT2D eigenvalue weighted by Gasteiger charge is -2.16. The molecule has 2 heterocycles. The minimum Gasteiger partial charge on any atom is -0.497 e. The molecule has 2 aromatic heterocycles. The van der Waals surface area contributed by atoms with Crippen LogP contribution < -0.4 is 29.6 Å². The Kier molecular flexibility index (Phi) is 5.56. The van der Waals surface area contributed by atoms with Crippen molar-refractivity contribution >= 4 is 34.3 Å². The van der Waals surface area contributed by atoms with Crippen LogP contribution in [-0.4, -0.2) is 48.7 Å². The minimum atomic E-state index is 0.243. The maximum absolute atomic E-state index is 5.44. The summed E-state index contributed by atoms with van der Waals surface area (Å²) in [7, 11) is 6.31. The molecule has 0 bridgehead atoms. The number of rotatable bonds is 8. The standard InChI is InChI=1S/C20H20N6O5/c1-27-11-5-7-15(29-3)13(9-11)21-17-18(24-20-19(23-17)25-31-26-20)22-14-10-12(28-2)6-8-16(14)30-4/h5-10H,1-4H3,(H,21,23,25)(H,22,24,26). The van der Waals surface area contributed by atoms with E-state index in [2.05, 4.69) is 30.9 Å². The highest BCUT2D eigenvalue weighted by Gasteiger charge is 2.17. The first-order valence-corrected chi connectivity index (χ1v) is 9.13. The van der Waals surface area contributed by atoms with Gasteiger partial charge in [0, 0.05) is 12.1 Å². The Morgan fingerprint density at radius 3 is 1.48 bits per heavy atom. The second-order valence-electron chi connectivity index (χ2n) is 6.21. The van der Waals surface area contributed by atoms with Gasteiger partial charge < -0.3 is 29.6 Å². The highest BCUT2D eigenvalue weighted by Crippen LogP contribution is 2.36. The molecule has 0 amide bonds. The van der Waals surface area contributed by atoms with E-state index in [1.807, 2.05) is 0 Å². The van der Waals surface area contributed by atoms with Crippen LogP contribution in [0.25, 0.3) is 11.3 Å². The second kappa shape index (κ2) is 8.61. The summed E-state index contributed by atoms with van der Waals surface area (Å²) in [4.78, 5) is 8.97. The number of nitrogens with zero attached hydrogens (tertiary/aromatic N) is 4. The Hall–Kier alpha value is -4.28. The molecule has 0 aliphatic heterocycles. The number of benzene rings is 2. The van der Waals surface area contributed by atoms with Crippen LogP contribution in [0.5, 0.6) is 23.0 Å². The SMILES string of the molecule is COc1ccc(OC)c(Nc2nc3nonc3nc2Nc2cc(OC)ccc2OC)c1. The summed E-state index contributed by atoms with van der Waals surface area (Å²) in [5.74, 6) is 3.19. The summed E-state index contributed by atoms with van der Waals surface area (Å²) in [6.45, 7) is 0. The molecular formula is C20H20N6O5. The Balaban J connectivity index is 1.79. The van der Waals surface area contributed by atoms with Crippen LogP contribution in [0.4, 0.5) is 23.0 Å². The average molecular weight is 424 g/mol. The predicted molar refractivity (Wildman–Crippen MR) is 113 cm³/mol. The first kappa shape index (κ1) is 20.0. The van der Waals surface area contributed by atoms with E-state index in [4.69, 9.17) is 23.6 Å². The van der Waals surface area contributed by atoms with Crippen molar-refractivity contribution in [1.82, 2.24) is 20.3 Å². The fourth-order valence-electron chi connectivity index (χ4n) is 2.89. The molecule has 2 N–H and O–H groups in total. The average Bonchev–Trinajstić information content (AvgIpc) is 3.26. The quantitative estimate of drug-likeness (QED) is 0.431. The number of anilines is 4. The molecule has 11 nitrogen and oxygen atoms in total. The van der Waals surface area contributed by atoms with Crippen molar-refractivity contribution in [2.45, 2.75) is 0 Å². The van der Waals surface area contributed by atoms with Gasteiger partial charge in [-0.15, -0.1) is 0 Å². The smallest absolute Gasteiger partial charge is 0.245 e. The van der Waals surface area contributed by atoms with E-state index >= 15 is 0 Å². The van der Waals surface area contributed by atoms with E-state index in [0.717, 1.165) is 0 Å². The molecule has 0 fully saturated rings. The Bertz CT molecular complexity index is 1120. The molecule has 11 heteroatoms. The first-order valence-electron chi connectivity index (χ1n) is 9.13. The summed E-state index contributed by atoms with van der Waals surface area (Å²) in [6.07, 6.45) is 0. The van der Waals surface area contributed by atoms with Gasteiger partial charge in [0.25, 0.3) is 0 Å². The zero-order chi connectivity index (χ0) is 21.8. The molecule has 0 unspecified atom stereocenters. The van der Waals surface area contributed by atoms with Gasteiger partial charge in [0.15, 0.2) is 11.6 Å². The van der Waals surface area contributed by atoms with E-state index in [0.29, 0.717) is 46.0 Å². The first-order chi connectivity index (χ1) is 15.1. The molecule has 0 aliphatic rings. The highest BCUT2D eigenvalue weighted by atomic mass is 16.6. The van der Waals surface area contributed by atoms with Crippen LogP contribution >= 0.6 is 0 Å². The van der Waals surface area contributed by atoms with E-state index in [1.54, 1.807) is 64.8 Å². The molecule has 0 atom stereocenters. The number of ether oxygens (including phenoxy) is 4. The molecule has 4 aromatic rings. The van der Waals surface area contributed by atoms with Gasteiger partial charge in [0.2, 0.25) is 11.3 Å². The van der Waals surface area contributed by atoms with Crippen LogP contribution in [0.15, 0.2) is 41.0 Å². The van der Waals surface area contributed by atoms with Crippen LogP contribution in [0.1, 0.15) is 0 Å². The van der Waals surface area contributed by atoms with Crippen molar-refractivity contribution in [2.75, 3.05) is 39.1 Å². The van der Waals surface area contributed by atoms with Crippen molar-refractivity contribution in [1.29, 1.82) is 0 Å². The Morgan fingerprint density at radius 2 is 1.10 bits per heavy atom. The highest BCUT2D eigenvalue weighted by molar-refractivity contribution is 5.81. The third-order valence-electron chi connectivity index (χ3n) is 4.43. The van der Waals surface area contributed by atoms with Gasteiger partial charge >= 0.3 is 0 Å². The third-order valence-corrected chi connectivity index (χ3v) is 4.43. The molecule has 0 spiro atoms. The van der Waals surface area contributed by atoms with Crippen molar-refractivity contribution in [3.8, 4) is 23.0 Å². The van der Waals surface area contributed by atoms with Crippen LogP contribution in [0.3, 0.4) is 0 Å². The van der Waals surface area contributed by atoms with Gasteiger partial charge in [-0.1, -0.05) is 0 Å². The van der Waals surface area contributed by atoms with E-state index in [1.165, 1.54) is 0 Å². The fourth-order valence-corrected chi connectivity index (χ4v) is 2.89. The third kappa shape index (κ3) is 4.06. The van der Waals surface area contributed by atoms with E-state index in [9.17, 15) is 0 Å². The van der Waals surface area contributed by atoms with Gasteiger partial charge in [0.1, 0.15) is 23.0 Å². The molecule has 2 aromatic carbocycles. The van der Waals surface area contributed by atoms with Gasteiger partial charge in [-0.25, -0.2) is 14.6 Å². The zero-order valence-electron chi connectivity index (χ0n) is 17.3. The summed E-state index contributed by atoms with van der Waals surface area (Å²) >= 11 is 0. The molecule has 31 heavy (non-hydrogen) atoms. The monoisotopic (exact) mass is 424 g/mol. The molecular weight excluding hydrogens is 404 g/mol. The number of methoxy groups -OCH3 is 4. The van der Waals surface area contributed by atoms with Gasteiger partial charge in [-0.2, -0.15) is 0 Å². The van der Waals surface area contributed by atoms with E-state index in [-0.39, 0.29) is 11.3 Å². The molecule has 160 valence electrons. The van der Waals surface area contributed by atoms with Gasteiger partial charge in [-0.05, 0) is 34.6 Å². The lowest BCUT2D eigenvalue weighted by Crippen LogP contribution is -2.05. The second-order valence-corrected chi connectivity index (χ2v) is 6.21. The van der Waals surface area contributed by atoms with Crippen molar-refractivity contribution in [3.05, 3.63) is 36.4 Å². The van der Waals surface area contributed by atoms with Crippen molar-refractivity contribution in [2.24, 2.45) is 0 Å². The zero-order valence-corrected chi connectivity index (χ0v) is 17.3. The largest absolute Gasteiger partial charge is 0.497 e. The maximum atomic E-state index is 5.44. The van der Waals surface area contributed by atoms with Gasteiger partial charge in [0.05, 0.1) is 39.8 Å². The molecule has 0 saturated heterocycles. The summed E-state index contributed by atoms with van der Waals surface area (Å²) in [5, 5.41) is 14.0. The van der Waals surface area contributed by atoms with Crippen molar-refractivity contribution in [3.63, 3.8) is 0 Å². The summed E-state index contributed by atoms with van der Waals surface area (Å²) < 4.78 is 26.3. The number of fused-ring (bicyclic) bond motifs is 1. The van der Waals surface area contributed by atoms with E-state index < -0.39 is 0 Å². The van der Waals surface area contributed by atoms with Crippen LogP contribution in [-0.2, 0) is 0 Å². The van der Waals surface area contributed by atoms with Crippen molar-refractivity contribution < 1.29 is 23.6 Å². The minimum absolute atomic E-state index is 0.243. The number of hydrogen-bond donors (Lipinski definition) is 2. The Labute approximate surface area is 177 Å². The summed E-state index contributed by atoms with van der Waals surface area (Å²) in [5.41, 5.74) is 1.72. The lowest BCUT2D eigenvalue weighted by molar-refractivity contribution is 0.314. The normalized spacial score (nSPS) is 10.6. The van der Waals surface area contributed by atoms with Crippen LogP contribution in [0, 0.1) is 0 Å². The summed E-state index contributed by atoms with van der Waals surface area (Å²) in [6, 6.07) is 10.7. The number of aromatic nitrogens is 4. The molecule has 0 saturated carbocycles. The number of nitrogens with one attached hydrogen (secondary N) is 2. The van der Waals surface area contributed by atoms with Crippen LogP contribution in [0.2, 0.25) is 0 Å². The van der Waals surface area contributed by atoms with Gasteiger partial charge in [-0.3, -0.25) is 0 Å². The molecule has 0 radical (unpaired) electrons. The fraction of sp³-hybridized carbons (Fsp3) is 0.200. The predicted octanol–water partition coefficient (Wildman–Crippen LogP) is 3.53. The molecule has 0 aliphatic carbocycles. The molecule has 4 rings (SSSR count). The lowest BCUT2D eigenvalue weighted by atomic mass is 10.2. The topological polar surface area (TPSA) is 126 Å². The maximum Gasteiger partial charge on any atom is 0.245 e.